The summed E-state index contributed by atoms with van der Waals surface area (Å²) >= 11 is 1.11. The first-order valence-corrected chi connectivity index (χ1v) is 10.4. The maximum Gasteiger partial charge on any atom is 0.309 e. The number of carbonyl (C=O) groups is 2. The van der Waals surface area contributed by atoms with Gasteiger partial charge >= 0.3 is 11.8 Å². The Kier molecular flexibility index (Phi) is 6.16. The van der Waals surface area contributed by atoms with Gasteiger partial charge in [-0.25, -0.2) is 8.42 Å². The first-order valence-electron chi connectivity index (χ1n) is 8.10. The zero-order valence-corrected chi connectivity index (χ0v) is 15.8. The molecule has 0 aromatic carbocycles. The van der Waals surface area contributed by atoms with E-state index < -0.39 is 28.1 Å². The Balaban J connectivity index is 1.52. The van der Waals surface area contributed by atoms with Gasteiger partial charge < -0.3 is 15.4 Å². The molecule has 1 atom stereocenters. The minimum atomic E-state index is -3.69. The average molecular weight is 410 g/mol. The number of pyridine rings is 1. The number of aromatic nitrogens is 1. The van der Waals surface area contributed by atoms with Crippen LogP contribution in [-0.2, 0) is 30.9 Å². The molecule has 144 valence electrons. The van der Waals surface area contributed by atoms with Crippen molar-refractivity contribution in [3.63, 3.8) is 0 Å². The Morgan fingerprint density at radius 1 is 1.26 bits per heavy atom. The molecule has 11 heteroatoms. The fourth-order valence-electron chi connectivity index (χ4n) is 2.49. The van der Waals surface area contributed by atoms with Crippen molar-refractivity contribution in [1.29, 1.82) is 0 Å². The molecule has 1 saturated heterocycles. The molecule has 3 rings (SSSR count). The summed E-state index contributed by atoms with van der Waals surface area (Å²) in [6, 6.07) is 6.66. The van der Waals surface area contributed by atoms with Crippen LogP contribution >= 0.6 is 11.3 Å². The summed E-state index contributed by atoms with van der Waals surface area (Å²) < 4.78 is 32.0. The second-order valence-corrected chi connectivity index (χ2v) is 8.69. The highest BCUT2D eigenvalue weighted by Crippen LogP contribution is 2.25. The number of hydrogen-bond acceptors (Lipinski definition) is 7. The molecule has 0 radical (unpaired) electrons. The molecular weight excluding hydrogens is 392 g/mol. The van der Waals surface area contributed by atoms with Crippen LogP contribution in [0.2, 0.25) is 0 Å². The molecule has 0 spiro atoms. The molecule has 9 nitrogen and oxygen atoms in total. The van der Waals surface area contributed by atoms with E-state index in [1.165, 1.54) is 10.4 Å². The van der Waals surface area contributed by atoms with Gasteiger partial charge in [-0.05, 0) is 23.1 Å². The molecule has 0 saturated carbocycles. The number of rotatable bonds is 6. The fourth-order valence-corrected chi connectivity index (χ4v) is 5.12. The van der Waals surface area contributed by atoms with E-state index in [4.69, 9.17) is 4.74 Å². The van der Waals surface area contributed by atoms with Crippen LogP contribution < -0.4 is 10.6 Å². The Morgan fingerprint density at radius 3 is 2.78 bits per heavy atom. The van der Waals surface area contributed by atoms with Gasteiger partial charge in [0.15, 0.2) is 0 Å². The van der Waals surface area contributed by atoms with E-state index in [9.17, 15) is 18.0 Å². The average Bonchev–Trinajstić information content (AvgIpc) is 3.37. The standard InChI is InChI=1S/C16H18N4O5S2/c21-15(18-10-12-3-1-5-17-9-12)16(22)19-11-13-20(6-7-25-13)27(23,24)14-4-2-8-26-14/h1-5,8-9,13H,6-7,10-11H2,(H,18,21)(H,19,22)/t13-/m0/s1. The number of sulfonamides is 1. The summed E-state index contributed by atoms with van der Waals surface area (Å²) in [7, 11) is -3.69. The van der Waals surface area contributed by atoms with Gasteiger partial charge in [-0.1, -0.05) is 12.1 Å². The molecule has 2 aromatic rings. The zero-order valence-electron chi connectivity index (χ0n) is 14.2. The van der Waals surface area contributed by atoms with Crippen molar-refractivity contribution in [2.24, 2.45) is 0 Å². The number of amides is 2. The highest BCUT2D eigenvalue weighted by molar-refractivity contribution is 7.91. The van der Waals surface area contributed by atoms with Crippen LogP contribution in [0.4, 0.5) is 0 Å². The number of hydrogen-bond donors (Lipinski definition) is 2. The van der Waals surface area contributed by atoms with Crippen molar-refractivity contribution in [2.45, 2.75) is 17.0 Å². The lowest BCUT2D eigenvalue weighted by Gasteiger charge is -2.22. The topological polar surface area (TPSA) is 118 Å². The molecule has 2 N–H and O–H groups in total. The molecule has 2 amide bonds. The normalized spacial score (nSPS) is 17.6. The summed E-state index contributed by atoms with van der Waals surface area (Å²) in [5, 5.41) is 6.56. The lowest BCUT2D eigenvalue weighted by molar-refractivity contribution is -0.139. The van der Waals surface area contributed by atoms with E-state index in [2.05, 4.69) is 15.6 Å². The number of carbonyl (C=O) groups excluding carboxylic acids is 2. The molecule has 27 heavy (non-hydrogen) atoms. The van der Waals surface area contributed by atoms with E-state index in [-0.39, 0.29) is 30.5 Å². The third kappa shape index (κ3) is 4.69. The first-order chi connectivity index (χ1) is 13.0. The molecular formula is C16H18N4O5S2. The Bertz CT molecular complexity index is 887. The minimum Gasteiger partial charge on any atom is -0.359 e. The van der Waals surface area contributed by atoms with Crippen LogP contribution in [0, 0.1) is 0 Å². The highest BCUT2D eigenvalue weighted by Gasteiger charge is 2.37. The molecule has 1 aliphatic heterocycles. The Morgan fingerprint density at radius 2 is 2.07 bits per heavy atom. The van der Waals surface area contributed by atoms with Crippen molar-refractivity contribution < 1.29 is 22.7 Å². The molecule has 3 heterocycles. The number of nitrogens with zero attached hydrogens (tertiary/aromatic N) is 2. The van der Waals surface area contributed by atoms with E-state index in [0.29, 0.717) is 0 Å². The molecule has 0 unspecified atom stereocenters. The summed E-state index contributed by atoms with van der Waals surface area (Å²) in [6.07, 6.45) is 2.33. The van der Waals surface area contributed by atoms with Gasteiger partial charge in [0.25, 0.3) is 10.0 Å². The largest absolute Gasteiger partial charge is 0.359 e. The predicted molar refractivity (Wildman–Crippen MR) is 97.0 cm³/mol. The van der Waals surface area contributed by atoms with Crippen LogP contribution in [0.25, 0.3) is 0 Å². The van der Waals surface area contributed by atoms with Crippen molar-refractivity contribution in [3.8, 4) is 0 Å². The lowest BCUT2D eigenvalue weighted by Crippen LogP contribution is -2.47. The van der Waals surface area contributed by atoms with Gasteiger partial charge in [0.1, 0.15) is 10.4 Å². The van der Waals surface area contributed by atoms with Crippen molar-refractivity contribution in [1.82, 2.24) is 19.9 Å². The van der Waals surface area contributed by atoms with Gasteiger partial charge in [-0.15, -0.1) is 11.3 Å². The maximum atomic E-state index is 12.6. The predicted octanol–water partition coefficient (Wildman–Crippen LogP) is -0.0773. The molecule has 2 aromatic heterocycles. The minimum absolute atomic E-state index is 0.121. The van der Waals surface area contributed by atoms with Gasteiger partial charge in [0, 0.05) is 25.5 Å². The van der Waals surface area contributed by atoms with Crippen LogP contribution in [0.15, 0.2) is 46.2 Å². The summed E-state index contributed by atoms with van der Waals surface area (Å²) in [6.45, 7) is 0.453. The zero-order chi connectivity index (χ0) is 19.3. The van der Waals surface area contributed by atoms with Crippen LogP contribution in [-0.4, -0.2) is 55.4 Å². The number of thiophene rings is 1. The third-order valence-electron chi connectivity index (χ3n) is 3.82. The van der Waals surface area contributed by atoms with E-state index in [0.717, 1.165) is 16.9 Å². The second-order valence-electron chi connectivity index (χ2n) is 5.63. The summed E-state index contributed by atoms with van der Waals surface area (Å²) in [4.78, 5) is 27.7. The van der Waals surface area contributed by atoms with Crippen molar-refractivity contribution in [3.05, 3.63) is 47.6 Å². The van der Waals surface area contributed by atoms with Crippen LogP contribution in [0.5, 0.6) is 0 Å². The number of ether oxygens (including phenoxy) is 1. The molecule has 0 bridgehead atoms. The van der Waals surface area contributed by atoms with Gasteiger partial charge in [-0.2, -0.15) is 4.31 Å². The monoisotopic (exact) mass is 410 g/mol. The van der Waals surface area contributed by atoms with E-state index >= 15 is 0 Å². The second kappa shape index (κ2) is 8.57. The SMILES string of the molecule is O=C(NCc1cccnc1)C(=O)NC[C@@H]1OCCN1S(=O)(=O)c1cccs1. The van der Waals surface area contributed by atoms with Crippen LogP contribution in [0.3, 0.4) is 0 Å². The van der Waals surface area contributed by atoms with Crippen LogP contribution in [0.1, 0.15) is 5.56 Å². The number of nitrogens with one attached hydrogen (secondary N) is 2. The Hall–Kier alpha value is -2.34. The first kappa shape index (κ1) is 19.4. The van der Waals surface area contributed by atoms with E-state index in [1.807, 2.05) is 0 Å². The van der Waals surface area contributed by atoms with Gasteiger partial charge in [-0.3, -0.25) is 14.6 Å². The molecule has 1 aliphatic rings. The molecule has 0 aliphatic carbocycles. The van der Waals surface area contributed by atoms with Gasteiger partial charge in [0.05, 0.1) is 13.2 Å². The maximum absolute atomic E-state index is 12.6. The van der Waals surface area contributed by atoms with Crippen molar-refractivity contribution >= 4 is 33.2 Å². The smallest absolute Gasteiger partial charge is 0.309 e. The fraction of sp³-hybridized carbons (Fsp3) is 0.312. The highest BCUT2D eigenvalue weighted by atomic mass is 32.2. The lowest BCUT2D eigenvalue weighted by atomic mass is 10.3. The quantitative estimate of drug-likeness (QED) is 0.644. The summed E-state index contributed by atoms with van der Waals surface area (Å²) in [5.41, 5.74) is 0.756. The Labute approximate surface area is 160 Å². The van der Waals surface area contributed by atoms with Gasteiger partial charge in [0.2, 0.25) is 0 Å². The molecule has 1 fully saturated rings. The summed E-state index contributed by atoms with van der Waals surface area (Å²) in [5.74, 6) is -1.67. The van der Waals surface area contributed by atoms with Crippen molar-refractivity contribution in [2.75, 3.05) is 19.7 Å². The van der Waals surface area contributed by atoms with E-state index in [1.54, 1.807) is 36.0 Å². The third-order valence-corrected chi connectivity index (χ3v) is 7.08.